The summed E-state index contributed by atoms with van der Waals surface area (Å²) in [6.07, 6.45) is 2.22. The molecule has 1 aliphatic heterocycles. The van der Waals surface area contributed by atoms with Crippen LogP contribution in [-0.4, -0.2) is 18.9 Å². The highest BCUT2D eigenvalue weighted by Crippen LogP contribution is 2.31. The third-order valence-electron chi connectivity index (χ3n) is 3.45. The van der Waals surface area contributed by atoms with Crippen molar-refractivity contribution in [2.24, 2.45) is 5.92 Å². The minimum atomic E-state index is 0.100. The highest BCUT2D eigenvalue weighted by atomic mass is 16.1. The van der Waals surface area contributed by atoms with E-state index < -0.39 is 0 Å². The maximum Gasteiger partial charge on any atom is 0.137 e. The number of benzene rings is 1. The minimum Gasteiger partial charge on any atom is -0.317 e. The molecule has 0 spiro atoms. The molecule has 1 aromatic carbocycles. The number of carbonyl (C=O) groups excluding carboxylic acids is 1. The van der Waals surface area contributed by atoms with Crippen molar-refractivity contribution >= 4 is 5.78 Å². The van der Waals surface area contributed by atoms with E-state index in [0.29, 0.717) is 11.7 Å². The highest BCUT2D eigenvalue weighted by Gasteiger charge is 2.27. The molecule has 0 radical (unpaired) electrons. The molecule has 1 saturated heterocycles. The molecule has 0 aromatic heterocycles. The summed E-state index contributed by atoms with van der Waals surface area (Å²) < 4.78 is 0. The van der Waals surface area contributed by atoms with Crippen LogP contribution in [0.4, 0.5) is 0 Å². The van der Waals surface area contributed by atoms with Crippen molar-refractivity contribution in [3.05, 3.63) is 35.9 Å². The van der Waals surface area contributed by atoms with Gasteiger partial charge in [-0.15, -0.1) is 0 Å². The lowest BCUT2D eigenvalue weighted by Gasteiger charge is -2.29. The first-order chi connectivity index (χ1) is 7.79. The molecule has 16 heavy (non-hydrogen) atoms. The van der Waals surface area contributed by atoms with E-state index in [0.717, 1.165) is 25.9 Å². The molecule has 1 aromatic rings. The van der Waals surface area contributed by atoms with E-state index in [2.05, 4.69) is 17.4 Å². The monoisotopic (exact) mass is 217 g/mol. The molecule has 1 heterocycles. The van der Waals surface area contributed by atoms with Gasteiger partial charge in [-0.05, 0) is 44.3 Å². The molecular weight excluding hydrogens is 198 g/mol. The zero-order valence-corrected chi connectivity index (χ0v) is 9.78. The minimum absolute atomic E-state index is 0.100. The first-order valence-electron chi connectivity index (χ1n) is 6.05. The zero-order chi connectivity index (χ0) is 11.4. The second-order valence-electron chi connectivity index (χ2n) is 4.59. The predicted molar refractivity (Wildman–Crippen MR) is 65.5 cm³/mol. The van der Waals surface area contributed by atoms with Gasteiger partial charge < -0.3 is 5.32 Å². The van der Waals surface area contributed by atoms with Gasteiger partial charge in [-0.3, -0.25) is 4.79 Å². The maximum atomic E-state index is 11.8. The van der Waals surface area contributed by atoms with Crippen LogP contribution in [0.5, 0.6) is 0 Å². The standard InChI is InChI=1S/C14H19NO/c1-11(16)14(12-5-3-2-4-6-12)13-7-9-15-10-8-13/h2-6,13-15H,7-10H2,1H3. The van der Waals surface area contributed by atoms with E-state index in [1.165, 1.54) is 5.56 Å². The van der Waals surface area contributed by atoms with Crippen LogP contribution in [0.25, 0.3) is 0 Å². The van der Waals surface area contributed by atoms with Gasteiger partial charge in [0.1, 0.15) is 5.78 Å². The van der Waals surface area contributed by atoms with Crippen LogP contribution in [0.3, 0.4) is 0 Å². The second kappa shape index (κ2) is 5.26. The topological polar surface area (TPSA) is 29.1 Å². The number of piperidine rings is 1. The summed E-state index contributed by atoms with van der Waals surface area (Å²) in [6, 6.07) is 10.2. The Hall–Kier alpha value is -1.15. The Morgan fingerprint density at radius 2 is 1.88 bits per heavy atom. The molecule has 1 atom stereocenters. The summed E-state index contributed by atoms with van der Waals surface area (Å²) in [4.78, 5) is 11.8. The summed E-state index contributed by atoms with van der Waals surface area (Å²) in [7, 11) is 0. The molecule has 86 valence electrons. The molecule has 2 rings (SSSR count). The van der Waals surface area contributed by atoms with Crippen LogP contribution in [0.2, 0.25) is 0 Å². The van der Waals surface area contributed by atoms with Gasteiger partial charge in [-0.2, -0.15) is 0 Å². The average Bonchev–Trinajstić information content (AvgIpc) is 2.31. The van der Waals surface area contributed by atoms with Gasteiger partial charge in [-0.25, -0.2) is 0 Å². The van der Waals surface area contributed by atoms with Gasteiger partial charge in [-0.1, -0.05) is 30.3 Å². The Balaban J connectivity index is 2.20. The van der Waals surface area contributed by atoms with E-state index in [4.69, 9.17) is 0 Å². The molecular formula is C14H19NO. The zero-order valence-electron chi connectivity index (χ0n) is 9.78. The third kappa shape index (κ3) is 2.50. The molecule has 0 aliphatic carbocycles. The van der Waals surface area contributed by atoms with Crippen molar-refractivity contribution < 1.29 is 4.79 Å². The van der Waals surface area contributed by atoms with Crippen molar-refractivity contribution in [3.63, 3.8) is 0 Å². The fourth-order valence-corrected chi connectivity index (χ4v) is 2.68. The van der Waals surface area contributed by atoms with Gasteiger partial charge in [0, 0.05) is 5.92 Å². The number of carbonyl (C=O) groups is 1. The summed E-state index contributed by atoms with van der Waals surface area (Å²) in [6.45, 7) is 3.81. The van der Waals surface area contributed by atoms with Crippen molar-refractivity contribution in [2.75, 3.05) is 13.1 Å². The van der Waals surface area contributed by atoms with E-state index in [-0.39, 0.29) is 5.92 Å². The van der Waals surface area contributed by atoms with E-state index in [9.17, 15) is 4.79 Å². The lowest BCUT2D eigenvalue weighted by molar-refractivity contribution is -0.119. The first kappa shape index (κ1) is 11.3. The van der Waals surface area contributed by atoms with E-state index >= 15 is 0 Å². The fourth-order valence-electron chi connectivity index (χ4n) is 2.68. The van der Waals surface area contributed by atoms with Crippen LogP contribution < -0.4 is 5.32 Å². The van der Waals surface area contributed by atoms with Gasteiger partial charge in [0.05, 0.1) is 0 Å². The fraction of sp³-hybridized carbons (Fsp3) is 0.500. The number of hydrogen-bond donors (Lipinski definition) is 1. The largest absolute Gasteiger partial charge is 0.317 e. The second-order valence-corrected chi connectivity index (χ2v) is 4.59. The van der Waals surface area contributed by atoms with Crippen LogP contribution in [0.15, 0.2) is 30.3 Å². The normalized spacial score (nSPS) is 19.3. The van der Waals surface area contributed by atoms with Crippen molar-refractivity contribution in [2.45, 2.75) is 25.7 Å². The molecule has 0 bridgehead atoms. The molecule has 1 aliphatic rings. The van der Waals surface area contributed by atoms with Crippen LogP contribution in [0, 0.1) is 5.92 Å². The molecule has 1 unspecified atom stereocenters. The number of nitrogens with one attached hydrogen (secondary N) is 1. The molecule has 1 fully saturated rings. The molecule has 0 saturated carbocycles. The quantitative estimate of drug-likeness (QED) is 0.842. The van der Waals surface area contributed by atoms with Gasteiger partial charge in [0.15, 0.2) is 0 Å². The summed E-state index contributed by atoms with van der Waals surface area (Å²) >= 11 is 0. The predicted octanol–water partition coefficient (Wildman–Crippen LogP) is 2.36. The van der Waals surface area contributed by atoms with Crippen LogP contribution in [0.1, 0.15) is 31.2 Å². The first-order valence-corrected chi connectivity index (χ1v) is 6.05. The summed E-state index contributed by atoms with van der Waals surface area (Å²) in [5, 5.41) is 3.35. The van der Waals surface area contributed by atoms with Crippen LogP contribution in [-0.2, 0) is 4.79 Å². The Labute approximate surface area is 97.1 Å². The molecule has 1 N–H and O–H groups in total. The number of ketones is 1. The number of hydrogen-bond acceptors (Lipinski definition) is 2. The van der Waals surface area contributed by atoms with Crippen LogP contribution >= 0.6 is 0 Å². The molecule has 0 amide bonds. The Morgan fingerprint density at radius 3 is 2.44 bits per heavy atom. The molecule has 2 nitrogen and oxygen atoms in total. The van der Waals surface area contributed by atoms with Gasteiger partial charge in [0.25, 0.3) is 0 Å². The van der Waals surface area contributed by atoms with Gasteiger partial charge in [0.2, 0.25) is 0 Å². The Morgan fingerprint density at radius 1 is 1.25 bits per heavy atom. The number of Topliss-reactive ketones (excluding diaryl/α,β-unsaturated/α-hetero) is 1. The Kier molecular flexibility index (Phi) is 3.73. The van der Waals surface area contributed by atoms with Gasteiger partial charge >= 0.3 is 0 Å². The highest BCUT2D eigenvalue weighted by molar-refractivity contribution is 5.83. The number of rotatable bonds is 3. The lowest BCUT2D eigenvalue weighted by atomic mass is 9.78. The maximum absolute atomic E-state index is 11.8. The SMILES string of the molecule is CC(=O)C(c1ccccc1)C1CCNCC1. The van der Waals surface area contributed by atoms with Crippen molar-refractivity contribution in [1.82, 2.24) is 5.32 Å². The Bertz CT molecular complexity index is 341. The average molecular weight is 217 g/mol. The summed E-state index contributed by atoms with van der Waals surface area (Å²) in [5.41, 5.74) is 1.18. The third-order valence-corrected chi connectivity index (χ3v) is 3.45. The van der Waals surface area contributed by atoms with E-state index in [1.54, 1.807) is 6.92 Å². The summed E-state index contributed by atoms with van der Waals surface area (Å²) in [5.74, 6) is 0.919. The van der Waals surface area contributed by atoms with Crippen molar-refractivity contribution in [3.8, 4) is 0 Å². The van der Waals surface area contributed by atoms with E-state index in [1.807, 2.05) is 18.2 Å². The smallest absolute Gasteiger partial charge is 0.137 e. The lowest BCUT2D eigenvalue weighted by Crippen LogP contribution is -2.33. The molecule has 2 heteroatoms. The van der Waals surface area contributed by atoms with Crippen molar-refractivity contribution in [1.29, 1.82) is 0 Å².